The van der Waals surface area contributed by atoms with Gasteiger partial charge in [-0.15, -0.1) is 0 Å². The number of nitrogens with zero attached hydrogens (tertiary/aromatic N) is 3. The highest BCUT2D eigenvalue weighted by Gasteiger charge is 2.71. The Morgan fingerprint density at radius 2 is 2.03 bits per heavy atom. The van der Waals surface area contributed by atoms with Crippen molar-refractivity contribution in [1.29, 1.82) is 0 Å². The van der Waals surface area contributed by atoms with Crippen LogP contribution in [0.15, 0.2) is 18.6 Å². The highest BCUT2D eigenvalue weighted by Crippen LogP contribution is 2.58. The van der Waals surface area contributed by atoms with E-state index in [0.717, 1.165) is 0 Å². The Bertz CT molecular complexity index is 1150. The van der Waals surface area contributed by atoms with Gasteiger partial charge in [-0.1, -0.05) is 0 Å². The number of hydrogen-bond donors (Lipinski definition) is 1. The van der Waals surface area contributed by atoms with Crippen molar-refractivity contribution in [3.63, 3.8) is 0 Å². The number of alkyl halides is 3. The van der Waals surface area contributed by atoms with Crippen LogP contribution in [0.5, 0.6) is 0 Å². The zero-order valence-electron chi connectivity index (χ0n) is 16.4. The molecule has 3 aliphatic rings. The summed E-state index contributed by atoms with van der Waals surface area (Å²) in [5.41, 5.74) is -0.411. The predicted octanol–water partition coefficient (Wildman–Crippen LogP) is 1.83. The number of fused-ring (bicyclic) bond motifs is 1. The van der Waals surface area contributed by atoms with E-state index in [-0.39, 0.29) is 18.7 Å². The van der Waals surface area contributed by atoms with Gasteiger partial charge in [0, 0.05) is 6.20 Å². The van der Waals surface area contributed by atoms with Crippen LogP contribution in [0.3, 0.4) is 0 Å². The van der Waals surface area contributed by atoms with Gasteiger partial charge in [-0.05, 0) is 32.8 Å². The van der Waals surface area contributed by atoms with E-state index in [1.165, 1.54) is 6.33 Å². The van der Waals surface area contributed by atoms with Gasteiger partial charge in [-0.3, -0.25) is 4.18 Å². The second-order valence-corrected chi connectivity index (χ2v) is 9.80. The molecule has 0 bridgehead atoms. The van der Waals surface area contributed by atoms with Crippen LogP contribution in [-0.4, -0.2) is 58.2 Å². The molecule has 1 saturated carbocycles. The standard InChI is InChI=1S/C17H19F3N4O6S/c1-15(2)28-11-14(24-6-4-8-12(21)22-7-23-13(8)24)27-10-9(3-5-16(10,11)30-15)29-31(25,26)17(18,19)20/h4,6-7,9-11,14H,3,5H2,1-2H3,(H2,21,22,23)/t9-,10-,11+,14-,16-/m1/s1. The lowest BCUT2D eigenvalue weighted by molar-refractivity contribution is -0.214. The fourth-order valence-electron chi connectivity index (χ4n) is 4.78. The molecule has 1 aliphatic carbocycles. The molecule has 2 N–H and O–H groups in total. The zero-order valence-corrected chi connectivity index (χ0v) is 17.2. The summed E-state index contributed by atoms with van der Waals surface area (Å²) in [7, 11) is -5.81. The fourth-order valence-corrected chi connectivity index (χ4v) is 5.41. The van der Waals surface area contributed by atoms with Crippen molar-refractivity contribution < 1.29 is 40.0 Å². The molecule has 170 valence electrons. The molecule has 0 radical (unpaired) electrons. The first kappa shape index (κ1) is 20.9. The molecule has 14 heteroatoms. The summed E-state index contributed by atoms with van der Waals surface area (Å²) in [6.07, 6.45) is -1.01. The van der Waals surface area contributed by atoms with Crippen LogP contribution >= 0.6 is 0 Å². The summed E-state index contributed by atoms with van der Waals surface area (Å²) < 4.78 is 86.3. The van der Waals surface area contributed by atoms with Gasteiger partial charge >= 0.3 is 15.6 Å². The first-order valence-corrected chi connectivity index (χ1v) is 10.9. The molecule has 3 fully saturated rings. The van der Waals surface area contributed by atoms with Crippen molar-refractivity contribution in [2.75, 3.05) is 5.73 Å². The van der Waals surface area contributed by atoms with Crippen molar-refractivity contribution in [1.82, 2.24) is 14.5 Å². The number of halogens is 3. The van der Waals surface area contributed by atoms with E-state index in [1.807, 2.05) is 0 Å². The van der Waals surface area contributed by atoms with E-state index in [9.17, 15) is 21.6 Å². The van der Waals surface area contributed by atoms with Crippen LogP contribution in [0.2, 0.25) is 0 Å². The lowest BCUT2D eigenvalue weighted by Crippen LogP contribution is -2.46. The fraction of sp³-hybridized carbons (Fsp3) is 0.647. The largest absolute Gasteiger partial charge is 0.523 e. The molecule has 0 amide bonds. The van der Waals surface area contributed by atoms with Crippen LogP contribution < -0.4 is 5.73 Å². The van der Waals surface area contributed by atoms with Crippen LogP contribution in [0.4, 0.5) is 19.0 Å². The number of nitrogens with two attached hydrogens (primary N) is 1. The molecule has 31 heavy (non-hydrogen) atoms. The first-order valence-electron chi connectivity index (χ1n) is 9.45. The molecule has 2 saturated heterocycles. The highest BCUT2D eigenvalue weighted by atomic mass is 32.2. The molecule has 2 aromatic heterocycles. The van der Waals surface area contributed by atoms with Gasteiger partial charge in [0.1, 0.15) is 41.7 Å². The summed E-state index contributed by atoms with van der Waals surface area (Å²) in [6.45, 7) is 3.34. The van der Waals surface area contributed by atoms with Crippen LogP contribution in [0, 0.1) is 0 Å². The van der Waals surface area contributed by atoms with Crippen molar-refractivity contribution in [3.8, 4) is 0 Å². The lowest BCUT2D eigenvalue weighted by Gasteiger charge is -2.28. The Morgan fingerprint density at radius 1 is 1.29 bits per heavy atom. The minimum atomic E-state index is -5.81. The molecular formula is C17H19F3N4O6S. The maximum absolute atomic E-state index is 12.9. The summed E-state index contributed by atoms with van der Waals surface area (Å²) >= 11 is 0. The summed E-state index contributed by atoms with van der Waals surface area (Å²) in [4.78, 5) is 8.15. The van der Waals surface area contributed by atoms with Gasteiger partial charge in [-0.2, -0.15) is 21.6 Å². The summed E-state index contributed by atoms with van der Waals surface area (Å²) in [5.74, 6) is -0.822. The Balaban J connectivity index is 1.55. The van der Waals surface area contributed by atoms with E-state index in [0.29, 0.717) is 11.0 Å². The van der Waals surface area contributed by atoms with Crippen molar-refractivity contribution in [3.05, 3.63) is 18.6 Å². The van der Waals surface area contributed by atoms with Gasteiger partial charge in [-0.25, -0.2) is 9.97 Å². The lowest BCUT2D eigenvalue weighted by atomic mass is 9.94. The Kier molecular flexibility index (Phi) is 4.23. The number of aromatic nitrogens is 3. The highest BCUT2D eigenvalue weighted by molar-refractivity contribution is 7.87. The molecule has 1 spiro atoms. The molecule has 10 nitrogen and oxygen atoms in total. The minimum Gasteiger partial charge on any atom is -0.383 e. The third-order valence-corrected chi connectivity index (χ3v) is 6.93. The third kappa shape index (κ3) is 2.96. The zero-order chi connectivity index (χ0) is 22.4. The number of ether oxygens (including phenoxy) is 3. The second-order valence-electron chi connectivity index (χ2n) is 8.23. The van der Waals surface area contributed by atoms with E-state index < -0.39 is 51.6 Å². The second kappa shape index (κ2) is 6.28. The monoisotopic (exact) mass is 464 g/mol. The van der Waals surface area contributed by atoms with Gasteiger partial charge in [0.05, 0.1) is 5.39 Å². The Hall–Kier alpha value is -2.00. The Morgan fingerprint density at radius 3 is 2.74 bits per heavy atom. The van der Waals surface area contributed by atoms with E-state index in [2.05, 4.69) is 14.2 Å². The Labute approximate surface area is 174 Å². The normalized spacial score (nSPS) is 34.9. The molecule has 0 unspecified atom stereocenters. The molecule has 0 aromatic carbocycles. The number of anilines is 1. The van der Waals surface area contributed by atoms with Crippen molar-refractivity contribution >= 4 is 27.0 Å². The van der Waals surface area contributed by atoms with Crippen molar-refractivity contribution in [2.45, 2.75) is 68.1 Å². The quantitative estimate of drug-likeness (QED) is 0.534. The van der Waals surface area contributed by atoms with Crippen LogP contribution in [-0.2, 0) is 28.5 Å². The topological polar surface area (TPSA) is 128 Å². The number of nitrogen functional groups attached to an aromatic ring is 1. The van der Waals surface area contributed by atoms with E-state index in [1.54, 1.807) is 30.7 Å². The maximum atomic E-state index is 12.9. The molecule has 5 rings (SSSR count). The van der Waals surface area contributed by atoms with Gasteiger partial charge in [0.15, 0.2) is 12.0 Å². The van der Waals surface area contributed by atoms with Crippen molar-refractivity contribution in [2.24, 2.45) is 0 Å². The van der Waals surface area contributed by atoms with Gasteiger partial charge < -0.3 is 24.5 Å². The third-order valence-electron chi connectivity index (χ3n) is 5.86. The van der Waals surface area contributed by atoms with E-state index in [4.69, 9.17) is 19.9 Å². The minimum absolute atomic E-state index is 0.00974. The average Bonchev–Trinajstić information content (AvgIpc) is 3.33. The molecule has 2 aliphatic heterocycles. The molecule has 2 aromatic rings. The van der Waals surface area contributed by atoms with Gasteiger partial charge in [0.25, 0.3) is 0 Å². The van der Waals surface area contributed by atoms with Gasteiger partial charge in [0.2, 0.25) is 0 Å². The van der Waals surface area contributed by atoms with E-state index >= 15 is 0 Å². The van der Waals surface area contributed by atoms with Crippen LogP contribution in [0.25, 0.3) is 11.0 Å². The summed E-state index contributed by atoms with van der Waals surface area (Å²) in [5, 5.41) is 0.558. The first-order chi connectivity index (χ1) is 14.3. The maximum Gasteiger partial charge on any atom is 0.523 e. The number of hydrogen-bond acceptors (Lipinski definition) is 9. The average molecular weight is 464 g/mol. The van der Waals surface area contributed by atoms with Crippen LogP contribution in [0.1, 0.15) is 32.9 Å². The summed E-state index contributed by atoms with van der Waals surface area (Å²) in [6, 6.07) is 1.68. The molecule has 4 heterocycles. The molecule has 5 atom stereocenters. The smallest absolute Gasteiger partial charge is 0.383 e. The predicted molar refractivity (Wildman–Crippen MR) is 97.7 cm³/mol. The molecular weight excluding hydrogens is 445 g/mol. The SMILES string of the molecule is CC1(C)O[C@H]2[C@H](n3ccc4c(N)ncnc43)O[C@@H]3[C@H](OS(=O)(=O)C(F)(F)F)CC[C@@]32O1. The number of rotatable bonds is 3.